The van der Waals surface area contributed by atoms with E-state index < -0.39 is 28.9 Å². The molecule has 0 atom stereocenters. The highest BCUT2D eigenvalue weighted by Crippen LogP contribution is 2.45. The van der Waals surface area contributed by atoms with E-state index in [1.165, 1.54) is 18.9 Å². The normalized spacial score (nSPS) is 14.0. The molecule has 0 aliphatic carbocycles. The first-order valence-corrected chi connectivity index (χ1v) is 9.29. The second-order valence-electron chi connectivity index (χ2n) is 5.71. The van der Waals surface area contributed by atoms with Crippen LogP contribution in [0.25, 0.3) is 5.69 Å². The van der Waals surface area contributed by atoms with Crippen molar-refractivity contribution >= 4 is 29.2 Å². The van der Waals surface area contributed by atoms with Crippen molar-refractivity contribution < 1.29 is 17.6 Å². The number of anilines is 1. The van der Waals surface area contributed by atoms with Crippen LogP contribution in [-0.4, -0.2) is 15.7 Å². The van der Waals surface area contributed by atoms with Crippen LogP contribution < -0.4 is 15.6 Å². The molecular weight excluding hydrogens is 410 g/mol. The molecule has 1 aromatic heterocycles. The summed E-state index contributed by atoms with van der Waals surface area (Å²) in [5.41, 5.74) is -3.47. The first-order valence-electron chi connectivity index (χ1n) is 7.97. The van der Waals surface area contributed by atoms with Crippen LogP contribution in [0.1, 0.15) is 25.1 Å². The van der Waals surface area contributed by atoms with E-state index in [2.05, 4.69) is 0 Å². The number of halogens is 5. The summed E-state index contributed by atoms with van der Waals surface area (Å²) < 4.78 is 56.8. The molecule has 0 amide bonds. The molecule has 0 saturated heterocycles. The van der Waals surface area contributed by atoms with E-state index in [0.29, 0.717) is 33.0 Å². The monoisotopic (exact) mass is 423 g/mol. The van der Waals surface area contributed by atoms with E-state index in [1.807, 2.05) is 6.92 Å². The minimum atomic E-state index is -4.89. The molecule has 1 aromatic carbocycles. The van der Waals surface area contributed by atoms with Crippen LogP contribution in [0.2, 0.25) is 5.02 Å². The molecule has 2 heterocycles. The zero-order chi connectivity index (χ0) is 20.1. The minimum absolute atomic E-state index is 0.105. The summed E-state index contributed by atoms with van der Waals surface area (Å²) in [5.74, 6) is -0.714. The Labute approximate surface area is 160 Å². The zero-order valence-electron chi connectivity index (χ0n) is 14.2. The molecule has 0 N–H and O–H groups in total. The molecule has 5 nitrogen and oxygen atoms in total. The van der Waals surface area contributed by atoms with Gasteiger partial charge in [-0.3, -0.25) is 9.36 Å². The zero-order valence-corrected chi connectivity index (χ0v) is 15.8. The van der Waals surface area contributed by atoms with Crippen LogP contribution >= 0.6 is 23.5 Å². The van der Waals surface area contributed by atoms with Crippen molar-refractivity contribution in [1.82, 2.24) is 9.13 Å². The fourth-order valence-electron chi connectivity index (χ4n) is 3.08. The third-order valence-corrected chi connectivity index (χ3v) is 5.66. The average Bonchev–Trinajstić information content (AvgIpc) is 3.00. The number of aromatic nitrogens is 2. The summed E-state index contributed by atoms with van der Waals surface area (Å²) in [7, 11) is 0. The van der Waals surface area contributed by atoms with E-state index in [-0.39, 0.29) is 23.0 Å². The predicted octanol–water partition coefficient (Wildman–Crippen LogP) is 3.82. The van der Waals surface area contributed by atoms with E-state index in [9.17, 15) is 27.2 Å². The lowest BCUT2D eigenvalue weighted by molar-refractivity contribution is -0.144. The van der Waals surface area contributed by atoms with Crippen LogP contribution in [-0.2, 0) is 18.5 Å². The van der Waals surface area contributed by atoms with Gasteiger partial charge in [0.25, 0.3) is 5.56 Å². The lowest BCUT2D eigenvalue weighted by Gasteiger charge is -2.19. The van der Waals surface area contributed by atoms with Gasteiger partial charge in [-0.1, -0.05) is 11.6 Å². The Bertz CT molecular complexity index is 1030. The Morgan fingerprint density at radius 1 is 1.15 bits per heavy atom. The molecule has 0 bridgehead atoms. The van der Waals surface area contributed by atoms with Gasteiger partial charge in [0.2, 0.25) is 0 Å². The quantitative estimate of drug-likeness (QED) is 0.556. The third kappa shape index (κ3) is 3.14. The van der Waals surface area contributed by atoms with Crippen molar-refractivity contribution in [3.8, 4) is 5.69 Å². The van der Waals surface area contributed by atoms with Gasteiger partial charge >= 0.3 is 11.9 Å². The molecule has 11 heteroatoms. The van der Waals surface area contributed by atoms with E-state index in [0.717, 1.165) is 6.07 Å². The first kappa shape index (κ1) is 19.8. The second-order valence-corrected chi connectivity index (χ2v) is 7.11. The van der Waals surface area contributed by atoms with Crippen LogP contribution in [0.15, 0.2) is 21.7 Å². The van der Waals surface area contributed by atoms with E-state index in [1.54, 1.807) is 4.31 Å². The maximum Gasteiger partial charge on any atom is 0.431 e. The number of nitrogens with zero attached hydrogens (tertiary/aromatic N) is 3. The molecular formula is C16H14ClF4N3O2S. The first-order chi connectivity index (χ1) is 12.6. The molecule has 27 heavy (non-hydrogen) atoms. The van der Waals surface area contributed by atoms with Crippen LogP contribution in [0.4, 0.5) is 23.2 Å². The molecule has 146 valence electrons. The fourth-order valence-corrected chi connectivity index (χ4v) is 4.52. The Kier molecular flexibility index (Phi) is 5.06. The van der Waals surface area contributed by atoms with Crippen molar-refractivity contribution in [3.05, 3.63) is 55.1 Å². The van der Waals surface area contributed by atoms with E-state index in [4.69, 9.17) is 11.6 Å². The van der Waals surface area contributed by atoms with Crippen LogP contribution in [0.5, 0.6) is 0 Å². The summed E-state index contributed by atoms with van der Waals surface area (Å²) in [4.78, 5) is 25.1. The molecule has 1 aliphatic heterocycles. The van der Waals surface area contributed by atoms with Gasteiger partial charge in [-0.25, -0.2) is 13.8 Å². The fraction of sp³-hybridized carbons (Fsp3) is 0.375. The lowest BCUT2D eigenvalue weighted by Crippen LogP contribution is -2.42. The van der Waals surface area contributed by atoms with Gasteiger partial charge in [-0.15, -0.1) is 0 Å². The highest BCUT2D eigenvalue weighted by atomic mass is 35.5. The van der Waals surface area contributed by atoms with Crippen LogP contribution in [0, 0.1) is 5.82 Å². The van der Waals surface area contributed by atoms with E-state index >= 15 is 0 Å². The SMILES string of the molecule is CCN1SCc2c1c(Cl)cc(F)c2-n1c(=O)cc(C(F)(F)F)n(CC)c1=O. The third-order valence-electron chi connectivity index (χ3n) is 4.20. The van der Waals surface area contributed by atoms with Gasteiger partial charge < -0.3 is 4.31 Å². The Hall–Kier alpha value is -1.94. The molecule has 0 spiro atoms. The number of fused-ring (bicyclic) bond motifs is 1. The predicted molar refractivity (Wildman–Crippen MR) is 96.3 cm³/mol. The summed E-state index contributed by atoms with van der Waals surface area (Å²) in [6.45, 7) is 3.38. The lowest BCUT2D eigenvalue weighted by atomic mass is 10.1. The van der Waals surface area contributed by atoms with Gasteiger partial charge in [0.05, 0.1) is 16.4 Å². The summed E-state index contributed by atoms with van der Waals surface area (Å²) in [6, 6.07) is 1.27. The summed E-state index contributed by atoms with van der Waals surface area (Å²) >= 11 is 7.43. The van der Waals surface area contributed by atoms with Crippen molar-refractivity contribution in [2.75, 3.05) is 10.8 Å². The molecule has 3 rings (SSSR count). The van der Waals surface area contributed by atoms with Crippen molar-refractivity contribution in [3.63, 3.8) is 0 Å². The molecule has 1 aliphatic rings. The maximum atomic E-state index is 14.7. The smallest absolute Gasteiger partial charge is 0.314 e. The second kappa shape index (κ2) is 6.90. The Morgan fingerprint density at radius 2 is 1.81 bits per heavy atom. The molecule has 0 unspecified atom stereocenters. The standard InChI is InChI=1S/C16H14ClF4N3O2S/c1-3-22-11(16(19,20)21)6-12(25)24(15(22)26)14-8-7-27-23(4-2)13(8)9(17)5-10(14)18/h5-6H,3-4,7H2,1-2H3. The van der Waals surface area contributed by atoms with Crippen molar-refractivity contribution in [1.29, 1.82) is 0 Å². The maximum absolute atomic E-state index is 14.7. The van der Waals surface area contributed by atoms with Crippen molar-refractivity contribution in [2.45, 2.75) is 32.3 Å². The van der Waals surface area contributed by atoms with Gasteiger partial charge in [0.1, 0.15) is 11.5 Å². The average molecular weight is 424 g/mol. The van der Waals surface area contributed by atoms with Crippen LogP contribution in [0.3, 0.4) is 0 Å². The largest absolute Gasteiger partial charge is 0.431 e. The summed E-state index contributed by atoms with van der Waals surface area (Å²) in [5, 5.41) is 0.105. The van der Waals surface area contributed by atoms with Gasteiger partial charge in [0.15, 0.2) is 0 Å². The Balaban J connectivity index is 2.39. The number of alkyl halides is 3. The summed E-state index contributed by atoms with van der Waals surface area (Å²) in [6.07, 6.45) is -4.89. The van der Waals surface area contributed by atoms with Gasteiger partial charge in [-0.05, 0) is 31.9 Å². The highest BCUT2D eigenvalue weighted by molar-refractivity contribution is 8.00. The van der Waals surface area contributed by atoms with Crippen molar-refractivity contribution in [2.24, 2.45) is 0 Å². The number of hydrogen-bond donors (Lipinski definition) is 0. The van der Waals surface area contributed by atoms with Gasteiger partial charge in [0, 0.05) is 30.5 Å². The minimum Gasteiger partial charge on any atom is -0.314 e. The molecule has 0 fully saturated rings. The van der Waals surface area contributed by atoms with Gasteiger partial charge in [-0.2, -0.15) is 13.2 Å². The molecule has 2 aromatic rings. The molecule has 0 radical (unpaired) electrons. The topological polar surface area (TPSA) is 47.2 Å². The molecule has 0 saturated carbocycles. The highest BCUT2D eigenvalue weighted by Gasteiger charge is 2.37. The number of hydrogen-bond acceptors (Lipinski definition) is 4. The number of rotatable bonds is 3. The number of benzene rings is 1. The Morgan fingerprint density at radius 3 is 2.37 bits per heavy atom.